The summed E-state index contributed by atoms with van der Waals surface area (Å²) in [7, 11) is 0. The Hall–Kier alpha value is -0.280. The number of hydrogen-bond donors (Lipinski definition) is 2. The maximum Gasteiger partial charge on any atom is 0.223 e. The van der Waals surface area contributed by atoms with Gasteiger partial charge in [-0.25, -0.2) is 0 Å². The highest BCUT2D eigenvalue weighted by molar-refractivity contribution is 5.85. The van der Waals surface area contributed by atoms with Crippen LogP contribution in [0.2, 0.25) is 0 Å². The molecule has 2 fully saturated rings. The van der Waals surface area contributed by atoms with Crippen LogP contribution in [0.5, 0.6) is 0 Å². The molecule has 4 heteroatoms. The highest BCUT2D eigenvalue weighted by Gasteiger charge is 2.28. The smallest absolute Gasteiger partial charge is 0.223 e. The van der Waals surface area contributed by atoms with Crippen molar-refractivity contribution < 1.29 is 4.79 Å². The zero-order valence-electron chi connectivity index (χ0n) is 11.4. The first-order valence-electron chi connectivity index (χ1n) is 7.20. The van der Waals surface area contributed by atoms with Crippen molar-refractivity contribution in [1.82, 2.24) is 5.32 Å². The van der Waals surface area contributed by atoms with Crippen molar-refractivity contribution in [2.45, 2.75) is 57.9 Å². The Morgan fingerprint density at radius 2 is 1.94 bits per heavy atom. The minimum Gasteiger partial charge on any atom is -0.356 e. The lowest BCUT2D eigenvalue weighted by Crippen LogP contribution is -2.36. The predicted octanol–water partition coefficient (Wildman–Crippen LogP) is 2.48. The van der Waals surface area contributed by atoms with Gasteiger partial charge in [0.15, 0.2) is 0 Å². The first kappa shape index (κ1) is 15.8. The normalized spacial score (nSPS) is 35.9. The average Bonchev–Trinajstić information content (AvgIpc) is 2.74. The summed E-state index contributed by atoms with van der Waals surface area (Å²) >= 11 is 0. The van der Waals surface area contributed by atoms with Gasteiger partial charge >= 0.3 is 0 Å². The molecule has 0 aromatic heterocycles. The molecule has 2 rings (SSSR count). The zero-order chi connectivity index (χ0) is 12.3. The molecule has 0 bridgehead atoms. The van der Waals surface area contributed by atoms with E-state index in [4.69, 9.17) is 5.73 Å². The number of hydrogen-bond acceptors (Lipinski definition) is 2. The molecule has 1 amide bonds. The number of nitrogens with one attached hydrogen (secondary N) is 1. The van der Waals surface area contributed by atoms with Gasteiger partial charge in [-0.2, -0.15) is 0 Å². The van der Waals surface area contributed by atoms with Crippen LogP contribution < -0.4 is 11.1 Å². The van der Waals surface area contributed by atoms with Gasteiger partial charge in [0.05, 0.1) is 0 Å². The van der Waals surface area contributed by atoms with E-state index in [1.54, 1.807) is 0 Å². The van der Waals surface area contributed by atoms with E-state index in [-0.39, 0.29) is 30.3 Å². The Morgan fingerprint density at radius 3 is 2.56 bits per heavy atom. The lowest BCUT2D eigenvalue weighted by atomic mass is 9.80. The van der Waals surface area contributed by atoms with Crippen LogP contribution in [0.15, 0.2) is 0 Å². The highest BCUT2D eigenvalue weighted by atomic mass is 35.5. The third kappa shape index (κ3) is 4.13. The molecule has 2 saturated carbocycles. The molecule has 2 aliphatic rings. The SMILES string of the molecule is CC1CCCCC1CNC(=O)C1CCC(N)C1.Cl. The molecule has 2 aliphatic carbocycles. The number of halogens is 1. The van der Waals surface area contributed by atoms with Gasteiger partial charge in [-0.15, -0.1) is 12.4 Å². The van der Waals surface area contributed by atoms with E-state index in [1.807, 2.05) is 0 Å². The maximum absolute atomic E-state index is 12.0. The Morgan fingerprint density at radius 1 is 1.22 bits per heavy atom. The molecule has 18 heavy (non-hydrogen) atoms. The number of rotatable bonds is 3. The highest BCUT2D eigenvalue weighted by Crippen LogP contribution is 2.29. The van der Waals surface area contributed by atoms with Crippen molar-refractivity contribution in [3.05, 3.63) is 0 Å². The second kappa shape index (κ2) is 7.34. The number of carbonyl (C=O) groups excluding carboxylic acids is 1. The van der Waals surface area contributed by atoms with Crippen LogP contribution in [0, 0.1) is 17.8 Å². The summed E-state index contributed by atoms with van der Waals surface area (Å²) < 4.78 is 0. The summed E-state index contributed by atoms with van der Waals surface area (Å²) in [6.07, 6.45) is 8.18. The molecular formula is C14H27ClN2O. The van der Waals surface area contributed by atoms with E-state index in [1.165, 1.54) is 25.7 Å². The molecular weight excluding hydrogens is 248 g/mol. The van der Waals surface area contributed by atoms with E-state index < -0.39 is 0 Å². The molecule has 0 aromatic rings. The lowest BCUT2D eigenvalue weighted by Gasteiger charge is -2.29. The lowest BCUT2D eigenvalue weighted by molar-refractivity contribution is -0.125. The van der Waals surface area contributed by atoms with Crippen LogP contribution in [-0.4, -0.2) is 18.5 Å². The topological polar surface area (TPSA) is 55.1 Å². The van der Waals surface area contributed by atoms with Gasteiger partial charge in [0, 0.05) is 18.5 Å². The van der Waals surface area contributed by atoms with Crippen LogP contribution >= 0.6 is 12.4 Å². The fraction of sp³-hybridized carbons (Fsp3) is 0.929. The van der Waals surface area contributed by atoms with Gasteiger partial charge < -0.3 is 11.1 Å². The van der Waals surface area contributed by atoms with Crippen molar-refractivity contribution >= 4 is 18.3 Å². The van der Waals surface area contributed by atoms with E-state index in [9.17, 15) is 4.79 Å². The molecule has 4 unspecified atom stereocenters. The predicted molar refractivity (Wildman–Crippen MR) is 76.7 cm³/mol. The monoisotopic (exact) mass is 274 g/mol. The fourth-order valence-electron chi connectivity index (χ4n) is 3.33. The van der Waals surface area contributed by atoms with Gasteiger partial charge in [-0.05, 0) is 37.5 Å². The van der Waals surface area contributed by atoms with Crippen LogP contribution in [0.3, 0.4) is 0 Å². The summed E-state index contributed by atoms with van der Waals surface area (Å²) in [4.78, 5) is 12.0. The van der Waals surface area contributed by atoms with Crippen LogP contribution in [-0.2, 0) is 4.79 Å². The molecule has 0 heterocycles. The largest absolute Gasteiger partial charge is 0.356 e. The third-order valence-corrected chi connectivity index (χ3v) is 4.67. The first-order chi connectivity index (χ1) is 8.16. The molecule has 3 N–H and O–H groups in total. The molecule has 0 saturated heterocycles. The van der Waals surface area contributed by atoms with Crippen LogP contribution in [0.4, 0.5) is 0 Å². The Labute approximate surface area is 117 Å². The van der Waals surface area contributed by atoms with Gasteiger partial charge in [-0.1, -0.05) is 26.2 Å². The molecule has 4 atom stereocenters. The summed E-state index contributed by atoms with van der Waals surface area (Å²) in [6.45, 7) is 3.20. The summed E-state index contributed by atoms with van der Waals surface area (Å²) in [5.41, 5.74) is 5.84. The van der Waals surface area contributed by atoms with Crippen molar-refractivity contribution in [3.63, 3.8) is 0 Å². The molecule has 3 nitrogen and oxygen atoms in total. The maximum atomic E-state index is 12.0. The fourth-order valence-corrected chi connectivity index (χ4v) is 3.33. The third-order valence-electron chi connectivity index (χ3n) is 4.67. The number of amides is 1. The van der Waals surface area contributed by atoms with Crippen molar-refractivity contribution in [1.29, 1.82) is 0 Å². The van der Waals surface area contributed by atoms with E-state index in [2.05, 4.69) is 12.2 Å². The van der Waals surface area contributed by atoms with Gasteiger partial charge in [0.1, 0.15) is 0 Å². The van der Waals surface area contributed by atoms with Gasteiger partial charge in [-0.3, -0.25) is 4.79 Å². The van der Waals surface area contributed by atoms with Gasteiger partial charge in [0.2, 0.25) is 5.91 Å². The number of carbonyl (C=O) groups is 1. The summed E-state index contributed by atoms with van der Waals surface area (Å²) in [5, 5.41) is 3.15. The Kier molecular flexibility index (Phi) is 6.44. The quantitative estimate of drug-likeness (QED) is 0.831. The zero-order valence-corrected chi connectivity index (χ0v) is 12.2. The van der Waals surface area contributed by atoms with E-state index in [0.29, 0.717) is 5.92 Å². The van der Waals surface area contributed by atoms with Crippen LogP contribution in [0.1, 0.15) is 51.9 Å². The van der Waals surface area contributed by atoms with Crippen LogP contribution in [0.25, 0.3) is 0 Å². The number of nitrogens with two attached hydrogens (primary N) is 1. The summed E-state index contributed by atoms with van der Waals surface area (Å²) in [5.74, 6) is 1.90. The molecule has 0 aliphatic heterocycles. The van der Waals surface area contributed by atoms with Crippen molar-refractivity contribution in [2.24, 2.45) is 23.5 Å². The second-order valence-corrected chi connectivity index (χ2v) is 6.04. The average molecular weight is 275 g/mol. The molecule has 106 valence electrons. The Bertz CT molecular complexity index is 273. The Balaban J connectivity index is 0.00000162. The van der Waals surface area contributed by atoms with Crippen molar-refractivity contribution in [2.75, 3.05) is 6.54 Å². The molecule has 0 radical (unpaired) electrons. The first-order valence-corrected chi connectivity index (χ1v) is 7.20. The van der Waals surface area contributed by atoms with E-state index in [0.717, 1.165) is 31.7 Å². The molecule has 0 aromatic carbocycles. The summed E-state index contributed by atoms with van der Waals surface area (Å²) in [6, 6.07) is 0.249. The second-order valence-electron chi connectivity index (χ2n) is 6.04. The van der Waals surface area contributed by atoms with Crippen molar-refractivity contribution in [3.8, 4) is 0 Å². The minimum absolute atomic E-state index is 0. The van der Waals surface area contributed by atoms with E-state index >= 15 is 0 Å². The van der Waals surface area contributed by atoms with Gasteiger partial charge in [0.25, 0.3) is 0 Å². The molecule has 0 spiro atoms. The standard InChI is InChI=1S/C14H26N2O.ClH/c1-10-4-2-3-5-12(10)9-16-14(17)11-6-7-13(15)8-11;/h10-13H,2-9,15H2,1H3,(H,16,17);1H. The minimum atomic E-state index is 0.